The first-order valence-corrected chi connectivity index (χ1v) is 17.2. The van der Waals surface area contributed by atoms with E-state index >= 15 is 0 Å². The molecule has 2 bridgehead atoms. The topological polar surface area (TPSA) is 108 Å². The molecule has 0 unspecified atom stereocenters. The van der Waals surface area contributed by atoms with Crippen LogP contribution in [-0.2, 0) is 29.0 Å². The third-order valence-corrected chi connectivity index (χ3v) is 10.7. The minimum absolute atomic E-state index is 0. The van der Waals surface area contributed by atoms with Crippen molar-refractivity contribution in [2.24, 2.45) is 11.8 Å². The fourth-order valence-corrected chi connectivity index (χ4v) is 7.35. The lowest BCUT2D eigenvalue weighted by atomic mass is 9.82. The molecule has 0 radical (unpaired) electrons. The standard InChI is InChI=1S/C38H50N4O4.4ClH/c1-41-21-24-42(25-22-41,26-23-41)20-6-19-39-17-5-18-40-29-32-11-15-34(16-12-32)33-13-9-31(10-14-33)28-36(38(45)46)35(37(43)44)27-30-7-3-2-4-8-30;;;;/h2-4,7-16,35-36,39-40H,5-6,17-29H2,1H3;4*1H/t35-,36-,41?,42?;;;;/m0..../s1. The molecule has 8 nitrogen and oxygen atoms in total. The number of carboxylic acid groups (broad SMARTS) is 2. The average Bonchev–Trinajstić information content (AvgIpc) is 3.07. The zero-order valence-corrected chi connectivity index (χ0v) is 32.1. The molecule has 278 valence electrons. The van der Waals surface area contributed by atoms with Gasteiger partial charge in [-0.1, -0.05) is 78.9 Å². The highest BCUT2D eigenvalue weighted by Crippen LogP contribution is 2.26. The molecule has 2 atom stereocenters. The van der Waals surface area contributed by atoms with E-state index in [0.717, 1.165) is 35.3 Å². The number of benzene rings is 3. The molecule has 50 heavy (non-hydrogen) atoms. The smallest absolute Gasteiger partial charge is 0.307 e. The van der Waals surface area contributed by atoms with Crippen LogP contribution < -0.4 is 60.3 Å². The van der Waals surface area contributed by atoms with E-state index in [1.165, 1.54) is 86.3 Å². The van der Waals surface area contributed by atoms with Gasteiger partial charge in [0.1, 0.15) is 45.8 Å². The van der Waals surface area contributed by atoms with Crippen LogP contribution in [0.2, 0.25) is 0 Å². The van der Waals surface area contributed by atoms with Crippen molar-refractivity contribution in [3.63, 3.8) is 0 Å². The van der Waals surface area contributed by atoms with E-state index in [2.05, 4.69) is 41.9 Å². The Morgan fingerprint density at radius 1 is 0.600 bits per heavy atom. The van der Waals surface area contributed by atoms with Gasteiger partial charge in [0.15, 0.2) is 0 Å². The van der Waals surface area contributed by atoms with Crippen LogP contribution >= 0.6 is 0 Å². The number of carboxylic acids is 2. The monoisotopic (exact) mass is 770 g/mol. The molecule has 12 heteroatoms. The molecule has 0 amide bonds. The van der Waals surface area contributed by atoms with Gasteiger partial charge in [0.05, 0.1) is 45.1 Å². The van der Waals surface area contributed by atoms with Gasteiger partial charge >= 0.3 is 11.9 Å². The zero-order valence-electron chi connectivity index (χ0n) is 29.0. The number of rotatable bonds is 18. The Bertz CT molecular complexity index is 1410. The molecule has 3 aliphatic rings. The summed E-state index contributed by atoms with van der Waals surface area (Å²) in [5.41, 5.74) is 5.12. The van der Waals surface area contributed by atoms with Crippen LogP contribution in [0.15, 0.2) is 78.9 Å². The van der Waals surface area contributed by atoms with Crippen molar-refractivity contribution in [2.45, 2.75) is 32.2 Å². The number of aliphatic carboxylic acids is 2. The van der Waals surface area contributed by atoms with Crippen molar-refractivity contribution in [3.8, 4) is 11.1 Å². The summed E-state index contributed by atoms with van der Waals surface area (Å²) >= 11 is 0. The van der Waals surface area contributed by atoms with E-state index in [1.54, 1.807) is 0 Å². The minimum atomic E-state index is -1.08. The molecular weight excluding hydrogens is 718 g/mol. The second-order valence-corrected chi connectivity index (χ2v) is 14.1. The van der Waals surface area contributed by atoms with Crippen LogP contribution in [0.1, 0.15) is 29.5 Å². The van der Waals surface area contributed by atoms with Gasteiger partial charge in [-0.2, -0.15) is 0 Å². The Morgan fingerprint density at radius 2 is 1.04 bits per heavy atom. The molecule has 0 aromatic heterocycles. The van der Waals surface area contributed by atoms with E-state index in [0.29, 0.717) is 0 Å². The van der Waals surface area contributed by atoms with Crippen LogP contribution in [0.5, 0.6) is 0 Å². The second kappa shape index (κ2) is 21.8. The number of halogens is 4. The van der Waals surface area contributed by atoms with E-state index < -0.39 is 23.8 Å². The molecule has 6 N–H and O–H groups in total. The molecule has 0 spiro atoms. The van der Waals surface area contributed by atoms with Gasteiger partial charge in [-0.05, 0) is 35.1 Å². The first-order valence-electron chi connectivity index (χ1n) is 17.2. The van der Waals surface area contributed by atoms with Crippen molar-refractivity contribution >= 4 is 11.9 Å². The maximum Gasteiger partial charge on any atom is 0.307 e. The summed E-state index contributed by atoms with van der Waals surface area (Å²) in [6.45, 7) is 14.2. The number of nitrogens with two attached hydrogens (primary N) is 2. The lowest BCUT2D eigenvalue weighted by Gasteiger charge is -2.54. The molecule has 3 fully saturated rings. The number of piperazine rings is 3. The van der Waals surface area contributed by atoms with Crippen molar-refractivity contribution in [2.75, 3.05) is 72.5 Å². The van der Waals surface area contributed by atoms with Crippen molar-refractivity contribution in [1.82, 2.24) is 0 Å². The molecule has 6 rings (SSSR count). The molecule has 3 heterocycles. The molecule has 0 saturated carbocycles. The largest absolute Gasteiger partial charge is 1.00 e. The Balaban J connectivity index is 0.00000312. The van der Waals surface area contributed by atoms with Gasteiger partial charge in [-0.25, -0.2) is 0 Å². The van der Waals surface area contributed by atoms with E-state index in [1.807, 2.05) is 54.6 Å². The minimum Gasteiger partial charge on any atom is -1.00 e. The molecule has 3 aromatic rings. The zero-order chi connectivity index (χ0) is 32.4. The van der Waals surface area contributed by atoms with Crippen LogP contribution in [0, 0.1) is 11.8 Å². The third-order valence-electron chi connectivity index (χ3n) is 10.7. The molecule has 0 aliphatic carbocycles. The maximum absolute atomic E-state index is 12.1. The predicted octanol–water partition coefficient (Wildman–Crippen LogP) is -9.75. The third kappa shape index (κ3) is 13.0. The normalized spacial score (nSPS) is 20.2. The van der Waals surface area contributed by atoms with Gasteiger partial charge in [0.2, 0.25) is 0 Å². The van der Waals surface area contributed by atoms with Gasteiger partial charge in [0.25, 0.3) is 0 Å². The Labute approximate surface area is 322 Å². The van der Waals surface area contributed by atoms with Crippen LogP contribution in [0.3, 0.4) is 0 Å². The van der Waals surface area contributed by atoms with Gasteiger partial charge < -0.3 is 79.4 Å². The molecule has 3 saturated heterocycles. The molecule has 3 aromatic carbocycles. The predicted molar refractivity (Wildman–Crippen MR) is 180 cm³/mol. The maximum atomic E-state index is 12.1. The number of fused-ring (bicyclic) bond motifs is 3. The Kier molecular flexibility index (Phi) is 19.9. The Hall–Kier alpha value is -2.40. The highest BCUT2D eigenvalue weighted by atomic mass is 35.5. The summed E-state index contributed by atoms with van der Waals surface area (Å²) in [5.74, 6) is -4.18. The summed E-state index contributed by atoms with van der Waals surface area (Å²) < 4.78 is 2.70. The summed E-state index contributed by atoms with van der Waals surface area (Å²) in [6.07, 6.45) is 2.92. The summed E-state index contributed by atoms with van der Waals surface area (Å²) in [7, 11) is 2.44. The van der Waals surface area contributed by atoms with Crippen LogP contribution in [0.25, 0.3) is 11.1 Å². The number of carbonyl (C=O) groups is 2. The fourth-order valence-electron chi connectivity index (χ4n) is 7.35. The van der Waals surface area contributed by atoms with Gasteiger partial charge in [0, 0.05) is 18.4 Å². The average molecular weight is 773 g/mol. The number of nitrogens with zero attached hydrogens (tertiary/aromatic N) is 2. The van der Waals surface area contributed by atoms with E-state index in [9.17, 15) is 19.8 Å². The number of hydrogen-bond acceptors (Lipinski definition) is 2. The van der Waals surface area contributed by atoms with Crippen LogP contribution in [-0.4, -0.2) is 104 Å². The molecular formula is C38H54Cl4N4O4. The second-order valence-electron chi connectivity index (χ2n) is 14.1. The highest BCUT2D eigenvalue weighted by molar-refractivity contribution is 5.80. The van der Waals surface area contributed by atoms with E-state index in [4.69, 9.17) is 0 Å². The molecule has 3 aliphatic heterocycles. The Morgan fingerprint density at radius 3 is 1.54 bits per heavy atom. The lowest BCUT2D eigenvalue weighted by molar-refractivity contribution is -1.07. The van der Waals surface area contributed by atoms with Gasteiger partial charge in [-0.3, -0.25) is 9.59 Å². The number of likely N-dealkylation sites (N-methyl/N-ethyl adjacent to an activating group) is 1. The lowest BCUT2D eigenvalue weighted by Crippen LogP contribution is -3.00. The number of hydrogen-bond donors (Lipinski definition) is 4. The van der Waals surface area contributed by atoms with Gasteiger partial charge in [-0.15, -0.1) is 0 Å². The van der Waals surface area contributed by atoms with Crippen molar-refractivity contribution in [3.05, 3.63) is 95.6 Å². The highest BCUT2D eigenvalue weighted by Gasteiger charge is 2.46. The van der Waals surface area contributed by atoms with Crippen LogP contribution in [0.4, 0.5) is 0 Å². The first-order chi connectivity index (χ1) is 22.2. The fraction of sp³-hybridized carbons (Fsp3) is 0.474. The van der Waals surface area contributed by atoms with Crippen molar-refractivity contribution < 1.29 is 89.0 Å². The summed E-state index contributed by atoms with van der Waals surface area (Å²) in [4.78, 5) is 24.2. The SMILES string of the molecule is C[N+]12CC[N+](CCC[NH2+]CCC[NH2+]Cc3ccc(-c4ccc(C[C@H](C(=O)O)[C@H](Cc5ccccc5)C(=O)O)cc4)cc3)(CC1)CC2.[Cl-].[Cl-].[Cl-].[Cl-]. The van der Waals surface area contributed by atoms with E-state index in [-0.39, 0.29) is 62.5 Å². The number of quaternary nitrogens is 4. The summed E-state index contributed by atoms with van der Waals surface area (Å²) in [6, 6.07) is 25.7. The van der Waals surface area contributed by atoms with Crippen molar-refractivity contribution in [1.29, 1.82) is 0 Å². The summed E-state index contributed by atoms with van der Waals surface area (Å²) in [5, 5.41) is 24.7. The first kappa shape index (κ1) is 45.6. The quantitative estimate of drug-likeness (QED) is 0.0763.